The van der Waals surface area contributed by atoms with Crippen molar-refractivity contribution in [1.82, 2.24) is 4.31 Å². The van der Waals surface area contributed by atoms with E-state index >= 15 is 0 Å². The molecule has 4 nitrogen and oxygen atoms in total. The van der Waals surface area contributed by atoms with E-state index < -0.39 is 10.2 Å². The van der Waals surface area contributed by atoms with E-state index in [0.29, 0.717) is 25.2 Å². The highest BCUT2D eigenvalue weighted by Gasteiger charge is 2.34. The number of aryl methyl sites for hydroxylation is 1. The van der Waals surface area contributed by atoms with Crippen molar-refractivity contribution in [1.29, 1.82) is 0 Å². The van der Waals surface area contributed by atoms with Crippen LogP contribution in [0.2, 0.25) is 0 Å². The predicted octanol–water partition coefficient (Wildman–Crippen LogP) is 5.47. The van der Waals surface area contributed by atoms with Gasteiger partial charge in [0.25, 0.3) is 0 Å². The van der Waals surface area contributed by atoms with Gasteiger partial charge in [-0.1, -0.05) is 42.0 Å². The number of rotatable bonds is 6. The number of halogens is 2. The summed E-state index contributed by atoms with van der Waals surface area (Å²) < 4.78 is 57.4. The van der Waals surface area contributed by atoms with E-state index in [1.54, 1.807) is 36.4 Å². The minimum Gasteiger partial charge on any atom is -0.271 e. The summed E-state index contributed by atoms with van der Waals surface area (Å²) in [6.45, 7) is 2.69. The van der Waals surface area contributed by atoms with Gasteiger partial charge in [-0.15, -0.1) is 0 Å². The first-order chi connectivity index (χ1) is 15.3. The Bertz CT molecular complexity index is 1100. The summed E-state index contributed by atoms with van der Waals surface area (Å²) in [5.74, 6) is -0.869. The molecule has 3 aromatic carbocycles. The molecule has 1 unspecified atom stereocenters. The van der Waals surface area contributed by atoms with E-state index in [4.69, 9.17) is 0 Å². The van der Waals surface area contributed by atoms with Gasteiger partial charge in [-0.3, -0.25) is 4.72 Å². The second-order valence-electron chi connectivity index (χ2n) is 8.31. The molecule has 1 fully saturated rings. The molecule has 168 valence electrons. The zero-order valence-electron chi connectivity index (χ0n) is 17.8. The lowest BCUT2D eigenvalue weighted by atomic mass is 9.77. The van der Waals surface area contributed by atoms with Gasteiger partial charge in [-0.05, 0) is 73.2 Å². The summed E-state index contributed by atoms with van der Waals surface area (Å²) in [6, 6.07) is 19.7. The lowest BCUT2D eigenvalue weighted by molar-refractivity contribution is 0.250. The number of piperidine rings is 1. The van der Waals surface area contributed by atoms with Gasteiger partial charge < -0.3 is 0 Å². The first-order valence-corrected chi connectivity index (χ1v) is 12.1. The van der Waals surface area contributed by atoms with Crippen molar-refractivity contribution in [2.24, 2.45) is 5.92 Å². The molecule has 1 aliphatic rings. The van der Waals surface area contributed by atoms with Gasteiger partial charge in [0.15, 0.2) is 0 Å². The van der Waals surface area contributed by atoms with Crippen LogP contribution in [-0.2, 0) is 10.2 Å². The Morgan fingerprint density at radius 2 is 1.41 bits per heavy atom. The zero-order valence-corrected chi connectivity index (χ0v) is 18.7. The van der Waals surface area contributed by atoms with Crippen molar-refractivity contribution < 1.29 is 17.2 Å². The van der Waals surface area contributed by atoms with Crippen LogP contribution in [0.4, 0.5) is 14.5 Å². The topological polar surface area (TPSA) is 49.4 Å². The van der Waals surface area contributed by atoms with Crippen molar-refractivity contribution in [3.8, 4) is 0 Å². The lowest BCUT2D eigenvalue weighted by Crippen LogP contribution is -2.44. The van der Waals surface area contributed by atoms with E-state index in [1.165, 1.54) is 28.6 Å². The number of nitrogens with one attached hydrogen (secondary N) is 1. The molecule has 1 N–H and O–H groups in total. The third-order valence-corrected chi connectivity index (χ3v) is 7.49. The SMILES string of the molecule is Cc1ccc(NS(=O)(=O)N2CCCC(C(c3ccc(F)cc3)c3ccc(F)cc3)C2)cc1. The highest BCUT2D eigenvalue weighted by molar-refractivity contribution is 7.90. The number of benzene rings is 3. The van der Waals surface area contributed by atoms with Gasteiger partial charge in [0.1, 0.15) is 11.6 Å². The van der Waals surface area contributed by atoms with Crippen molar-refractivity contribution in [2.75, 3.05) is 17.8 Å². The summed E-state index contributed by atoms with van der Waals surface area (Å²) >= 11 is 0. The summed E-state index contributed by atoms with van der Waals surface area (Å²) in [7, 11) is -3.73. The van der Waals surface area contributed by atoms with Crippen molar-refractivity contribution in [2.45, 2.75) is 25.7 Å². The maximum absolute atomic E-state index is 13.6. The first kappa shape index (κ1) is 22.4. The quantitative estimate of drug-likeness (QED) is 0.534. The molecule has 1 atom stereocenters. The van der Waals surface area contributed by atoms with E-state index in [9.17, 15) is 17.2 Å². The Morgan fingerprint density at radius 1 is 0.875 bits per heavy atom. The molecule has 7 heteroatoms. The van der Waals surface area contributed by atoms with E-state index in [2.05, 4.69) is 4.72 Å². The minimum absolute atomic E-state index is 0.0331. The van der Waals surface area contributed by atoms with Gasteiger partial charge in [-0.25, -0.2) is 8.78 Å². The highest BCUT2D eigenvalue weighted by Crippen LogP contribution is 2.38. The largest absolute Gasteiger partial charge is 0.301 e. The molecule has 1 saturated heterocycles. The fourth-order valence-electron chi connectivity index (χ4n) is 4.38. The van der Waals surface area contributed by atoms with Crippen LogP contribution in [0.3, 0.4) is 0 Å². The molecule has 1 heterocycles. The zero-order chi connectivity index (χ0) is 22.7. The van der Waals surface area contributed by atoms with Gasteiger partial charge in [0.05, 0.1) is 0 Å². The van der Waals surface area contributed by atoms with Crippen LogP contribution in [-0.4, -0.2) is 25.8 Å². The van der Waals surface area contributed by atoms with Crippen LogP contribution in [0.25, 0.3) is 0 Å². The number of anilines is 1. The Labute approximate surface area is 188 Å². The smallest absolute Gasteiger partial charge is 0.271 e. The van der Waals surface area contributed by atoms with E-state index in [0.717, 1.165) is 23.1 Å². The average Bonchev–Trinajstić information content (AvgIpc) is 2.78. The second-order valence-corrected chi connectivity index (χ2v) is 9.98. The fourth-order valence-corrected chi connectivity index (χ4v) is 5.70. The highest BCUT2D eigenvalue weighted by atomic mass is 32.2. The summed E-state index contributed by atoms with van der Waals surface area (Å²) in [6.07, 6.45) is 1.52. The third-order valence-electron chi connectivity index (χ3n) is 5.99. The Hall–Kier alpha value is -2.77. The van der Waals surface area contributed by atoms with Crippen molar-refractivity contribution in [3.05, 3.63) is 101 Å². The van der Waals surface area contributed by atoms with Crippen molar-refractivity contribution >= 4 is 15.9 Å². The molecular weight excluding hydrogens is 430 g/mol. The Kier molecular flexibility index (Phi) is 6.58. The minimum atomic E-state index is -3.73. The van der Waals surface area contributed by atoms with Gasteiger partial charge in [0, 0.05) is 24.7 Å². The molecule has 3 aromatic rings. The Balaban J connectivity index is 1.61. The van der Waals surface area contributed by atoms with Gasteiger partial charge >= 0.3 is 10.2 Å². The molecule has 0 saturated carbocycles. The molecule has 4 rings (SSSR count). The van der Waals surface area contributed by atoms with Crippen LogP contribution in [0.15, 0.2) is 72.8 Å². The maximum Gasteiger partial charge on any atom is 0.301 e. The molecule has 32 heavy (non-hydrogen) atoms. The average molecular weight is 457 g/mol. The molecule has 0 spiro atoms. The normalized spacial score (nSPS) is 17.4. The summed E-state index contributed by atoms with van der Waals surface area (Å²) in [5.41, 5.74) is 3.33. The number of hydrogen-bond acceptors (Lipinski definition) is 2. The monoisotopic (exact) mass is 456 g/mol. The van der Waals surface area contributed by atoms with Gasteiger partial charge in [-0.2, -0.15) is 12.7 Å². The van der Waals surface area contributed by atoms with Gasteiger partial charge in [0.2, 0.25) is 0 Å². The Morgan fingerprint density at radius 3 is 1.94 bits per heavy atom. The molecule has 1 aliphatic heterocycles. The third kappa shape index (κ3) is 5.16. The predicted molar refractivity (Wildman–Crippen MR) is 123 cm³/mol. The van der Waals surface area contributed by atoms with E-state index in [1.807, 2.05) is 19.1 Å². The summed E-state index contributed by atoms with van der Waals surface area (Å²) in [5, 5.41) is 0. The second kappa shape index (κ2) is 9.38. The maximum atomic E-state index is 13.6. The lowest BCUT2D eigenvalue weighted by Gasteiger charge is -2.37. The molecular formula is C25H26F2N2O2S. The van der Waals surface area contributed by atoms with Crippen LogP contribution in [0, 0.1) is 24.5 Å². The fraction of sp³-hybridized carbons (Fsp3) is 0.280. The standard InChI is InChI=1S/C25H26F2N2O2S/c1-18-4-14-24(15-5-18)28-32(30,31)29-16-2-3-21(17-29)25(19-6-10-22(26)11-7-19)20-8-12-23(27)13-9-20/h4-15,21,25,28H,2-3,16-17H2,1H3. The summed E-state index contributed by atoms with van der Waals surface area (Å²) in [4.78, 5) is 0. The number of nitrogens with zero attached hydrogens (tertiary/aromatic N) is 1. The van der Waals surface area contributed by atoms with Crippen LogP contribution >= 0.6 is 0 Å². The number of hydrogen-bond donors (Lipinski definition) is 1. The molecule has 0 radical (unpaired) electrons. The van der Waals surface area contributed by atoms with Crippen molar-refractivity contribution in [3.63, 3.8) is 0 Å². The molecule has 0 bridgehead atoms. The van der Waals surface area contributed by atoms with Crippen LogP contribution in [0.1, 0.15) is 35.4 Å². The van der Waals surface area contributed by atoms with Crippen LogP contribution < -0.4 is 4.72 Å². The first-order valence-electron chi connectivity index (χ1n) is 10.7. The molecule has 0 aliphatic carbocycles. The van der Waals surface area contributed by atoms with Crippen LogP contribution in [0.5, 0.6) is 0 Å². The molecule has 0 aromatic heterocycles. The molecule has 0 amide bonds. The van der Waals surface area contributed by atoms with E-state index in [-0.39, 0.29) is 23.5 Å².